The van der Waals surface area contributed by atoms with Gasteiger partial charge in [0.2, 0.25) is 5.91 Å². The van der Waals surface area contributed by atoms with E-state index in [-0.39, 0.29) is 12.0 Å². The smallest absolute Gasteiger partial charge is 0.225 e. The number of likely N-dealkylation sites (tertiary alicyclic amines) is 1. The molecule has 0 radical (unpaired) electrons. The Labute approximate surface area is 209 Å². The van der Waals surface area contributed by atoms with Gasteiger partial charge in [-0.3, -0.25) is 9.69 Å². The number of hydrogen-bond donors (Lipinski definition) is 1. The molecule has 2 heterocycles. The van der Waals surface area contributed by atoms with Crippen LogP contribution in [0.5, 0.6) is 0 Å². The lowest BCUT2D eigenvalue weighted by Crippen LogP contribution is -2.54. The number of piperidine rings is 1. The fourth-order valence-corrected chi connectivity index (χ4v) is 5.64. The van der Waals surface area contributed by atoms with Gasteiger partial charge >= 0.3 is 0 Å². The van der Waals surface area contributed by atoms with Crippen molar-refractivity contribution in [3.63, 3.8) is 0 Å². The van der Waals surface area contributed by atoms with Crippen molar-refractivity contribution in [3.8, 4) is 0 Å². The zero-order valence-electron chi connectivity index (χ0n) is 20.5. The van der Waals surface area contributed by atoms with Crippen LogP contribution in [0.4, 0.5) is 5.69 Å². The molecule has 1 N–H and O–H groups in total. The molecule has 2 unspecified atom stereocenters. The number of aliphatic hydroxyl groups excluding tert-OH is 1. The van der Waals surface area contributed by atoms with Crippen LogP contribution in [0.25, 0.3) is 0 Å². The number of amides is 1. The minimum atomic E-state index is -0.571. The maximum absolute atomic E-state index is 13.1. The number of carbonyl (C=O) groups excluding carboxylic acids is 1. The van der Waals surface area contributed by atoms with Gasteiger partial charge in [0.1, 0.15) is 6.23 Å². The first-order valence-electron chi connectivity index (χ1n) is 12.8. The van der Waals surface area contributed by atoms with Crippen molar-refractivity contribution < 1.29 is 9.90 Å². The second-order valence-corrected chi connectivity index (χ2v) is 10.1. The van der Waals surface area contributed by atoms with Crippen molar-refractivity contribution in [2.24, 2.45) is 5.92 Å². The second-order valence-electron chi connectivity index (χ2n) is 9.70. The summed E-state index contributed by atoms with van der Waals surface area (Å²) in [4.78, 5) is 19.6. The van der Waals surface area contributed by atoms with Gasteiger partial charge in [-0.1, -0.05) is 55.8 Å². The van der Waals surface area contributed by atoms with E-state index >= 15 is 0 Å². The topological polar surface area (TPSA) is 47.0 Å². The number of para-hydroxylation sites is 1. The molecule has 34 heavy (non-hydrogen) atoms. The molecule has 0 aromatic heterocycles. The zero-order valence-corrected chi connectivity index (χ0v) is 21.3. The van der Waals surface area contributed by atoms with Crippen molar-refractivity contribution in [3.05, 3.63) is 64.7 Å². The molecule has 5 nitrogen and oxygen atoms in total. The predicted octanol–water partition coefficient (Wildman–Crippen LogP) is 4.95. The number of fused-ring (bicyclic) bond motifs is 1. The number of rotatable bonds is 9. The molecule has 6 heteroatoms. The van der Waals surface area contributed by atoms with E-state index in [1.54, 1.807) is 0 Å². The van der Waals surface area contributed by atoms with Gasteiger partial charge in [-0.2, -0.15) is 0 Å². The molecule has 0 saturated carbocycles. The molecule has 1 fully saturated rings. The van der Waals surface area contributed by atoms with Gasteiger partial charge in [-0.25, -0.2) is 0 Å². The summed E-state index contributed by atoms with van der Waals surface area (Å²) in [6, 6.07) is 16.4. The molecule has 2 aromatic rings. The highest BCUT2D eigenvalue weighted by atomic mass is 35.5. The van der Waals surface area contributed by atoms with Crippen molar-refractivity contribution in [2.75, 3.05) is 31.1 Å². The molecular formula is C28H38ClN3O2. The Balaban J connectivity index is 1.43. The summed E-state index contributed by atoms with van der Waals surface area (Å²) in [5.74, 6) is 0.378. The molecule has 2 aliphatic heterocycles. The fraction of sp³-hybridized carbons (Fsp3) is 0.536. The van der Waals surface area contributed by atoms with Crippen LogP contribution < -0.4 is 4.90 Å². The summed E-state index contributed by atoms with van der Waals surface area (Å²) in [6.07, 6.45) is 3.88. The van der Waals surface area contributed by atoms with E-state index in [1.807, 2.05) is 17.0 Å². The van der Waals surface area contributed by atoms with Crippen molar-refractivity contribution in [1.82, 2.24) is 9.80 Å². The third kappa shape index (κ3) is 5.59. The van der Waals surface area contributed by atoms with Crippen LogP contribution in [-0.4, -0.2) is 59.3 Å². The molecule has 4 rings (SSSR count). The molecule has 2 aliphatic rings. The summed E-state index contributed by atoms with van der Waals surface area (Å²) in [5, 5.41) is 12.2. The molecule has 0 bridgehead atoms. The van der Waals surface area contributed by atoms with Crippen LogP contribution in [0.1, 0.15) is 50.7 Å². The lowest BCUT2D eigenvalue weighted by atomic mass is 9.94. The Kier molecular flexibility index (Phi) is 8.51. The summed E-state index contributed by atoms with van der Waals surface area (Å²) < 4.78 is 0. The number of halogens is 1. The Morgan fingerprint density at radius 3 is 2.35 bits per heavy atom. The number of anilines is 1. The maximum Gasteiger partial charge on any atom is 0.225 e. The normalized spacial score (nSPS) is 19.8. The van der Waals surface area contributed by atoms with Gasteiger partial charge in [0.05, 0.1) is 6.04 Å². The van der Waals surface area contributed by atoms with E-state index in [4.69, 9.17) is 11.6 Å². The third-order valence-corrected chi connectivity index (χ3v) is 7.54. The van der Waals surface area contributed by atoms with Gasteiger partial charge < -0.3 is 14.9 Å². The first-order valence-corrected chi connectivity index (χ1v) is 13.2. The van der Waals surface area contributed by atoms with Crippen LogP contribution in [0, 0.1) is 5.92 Å². The quantitative estimate of drug-likeness (QED) is 0.548. The monoisotopic (exact) mass is 483 g/mol. The summed E-state index contributed by atoms with van der Waals surface area (Å²) >= 11 is 6.09. The fourth-order valence-electron chi connectivity index (χ4n) is 5.52. The second kappa shape index (κ2) is 11.6. The third-order valence-electron chi connectivity index (χ3n) is 7.29. The maximum atomic E-state index is 13.1. The van der Waals surface area contributed by atoms with Crippen molar-refractivity contribution in [2.45, 2.75) is 64.8 Å². The van der Waals surface area contributed by atoms with Crippen molar-refractivity contribution in [1.29, 1.82) is 0 Å². The Hall–Kier alpha value is -2.08. The largest absolute Gasteiger partial charge is 0.376 e. The average molecular weight is 484 g/mol. The Morgan fingerprint density at radius 2 is 1.71 bits per heavy atom. The summed E-state index contributed by atoms with van der Waals surface area (Å²) in [5.41, 5.74) is 3.65. The molecule has 0 spiro atoms. The lowest BCUT2D eigenvalue weighted by Gasteiger charge is -2.41. The van der Waals surface area contributed by atoms with Gasteiger partial charge in [0, 0.05) is 49.4 Å². The van der Waals surface area contributed by atoms with E-state index in [0.717, 1.165) is 69.9 Å². The molecular weight excluding hydrogens is 446 g/mol. The molecule has 2 aromatic carbocycles. The van der Waals surface area contributed by atoms with Gasteiger partial charge in [0.15, 0.2) is 0 Å². The standard InChI is InChI=1S/C28H38ClN3O2/c1-3-15-30(16-4-2)27(33)22-13-17-31(18-14-22)28(34)26-19-23-7-5-6-8-25(23)32(26)20-21-9-11-24(29)12-10-21/h5-12,22,26,28,34H,3-4,13-20H2,1-2H3. The number of nitrogens with zero attached hydrogens (tertiary/aromatic N) is 3. The highest BCUT2D eigenvalue weighted by Crippen LogP contribution is 2.36. The van der Waals surface area contributed by atoms with Crippen LogP contribution in [0.15, 0.2) is 48.5 Å². The van der Waals surface area contributed by atoms with Crippen LogP contribution in [-0.2, 0) is 17.8 Å². The first-order chi connectivity index (χ1) is 16.5. The number of hydrogen-bond acceptors (Lipinski definition) is 4. The Bertz CT molecular complexity index is 937. The summed E-state index contributed by atoms with van der Waals surface area (Å²) in [6.45, 7) is 8.18. The highest BCUT2D eigenvalue weighted by Gasteiger charge is 2.39. The molecule has 0 aliphatic carbocycles. The SMILES string of the molecule is CCCN(CCC)C(=O)C1CCN(C(O)C2Cc3ccccc3N2Cc2ccc(Cl)cc2)CC1. The molecule has 184 valence electrons. The average Bonchev–Trinajstić information content (AvgIpc) is 3.23. The lowest BCUT2D eigenvalue weighted by molar-refractivity contribution is -0.138. The highest BCUT2D eigenvalue weighted by molar-refractivity contribution is 6.30. The van der Waals surface area contributed by atoms with Gasteiger partial charge in [-0.15, -0.1) is 0 Å². The summed E-state index contributed by atoms with van der Waals surface area (Å²) in [7, 11) is 0. The van der Waals surface area contributed by atoms with E-state index in [2.05, 4.69) is 60.0 Å². The van der Waals surface area contributed by atoms with E-state index in [1.165, 1.54) is 16.8 Å². The van der Waals surface area contributed by atoms with Gasteiger partial charge in [0.25, 0.3) is 0 Å². The molecule has 2 atom stereocenters. The van der Waals surface area contributed by atoms with Gasteiger partial charge in [-0.05, 0) is 61.4 Å². The Morgan fingerprint density at radius 1 is 1.06 bits per heavy atom. The number of aliphatic hydroxyl groups is 1. The van der Waals surface area contributed by atoms with E-state index in [0.29, 0.717) is 5.91 Å². The number of carbonyl (C=O) groups is 1. The zero-order chi connectivity index (χ0) is 24.1. The van der Waals surface area contributed by atoms with Crippen LogP contribution >= 0.6 is 11.6 Å². The van der Waals surface area contributed by atoms with Crippen LogP contribution in [0.2, 0.25) is 5.02 Å². The van der Waals surface area contributed by atoms with E-state index in [9.17, 15) is 9.90 Å². The molecule has 1 saturated heterocycles. The predicted molar refractivity (Wildman–Crippen MR) is 139 cm³/mol. The minimum Gasteiger partial charge on any atom is -0.376 e. The minimum absolute atomic E-state index is 0.0167. The van der Waals surface area contributed by atoms with Crippen LogP contribution in [0.3, 0.4) is 0 Å². The van der Waals surface area contributed by atoms with Crippen molar-refractivity contribution >= 4 is 23.2 Å². The van der Waals surface area contributed by atoms with E-state index < -0.39 is 6.23 Å². The first kappa shape index (κ1) is 25.0. The molecule has 1 amide bonds. The number of benzene rings is 2.